The van der Waals surface area contributed by atoms with Crippen molar-refractivity contribution >= 4 is 5.82 Å². The quantitative estimate of drug-likeness (QED) is 0.836. The fraction of sp³-hybridized carbons (Fsp3) is 0.650. The molecule has 4 heterocycles. The van der Waals surface area contributed by atoms with Gasteiger partial charge in [0.2, 0.25) is 0 Å². The molecule has 2 aromatic rings. The van der Waals surface area contributed by atoms with E-state index in [0.29, 0.717) is 18.0 Å². The molecule has 2 atom stereocenters. The van der Waals surface area contributed by atoms with Gasteiger partial charge in [-0.3, -0.25) is 4.90 Å². The normalized spacial score (nSPS) is 23.6. The zero-order chi connectivity index (χ0) is 18.8. The standard InChI is InChI=1S/C20H29N5O2/c1-14(2)19-22-20(27-23-19)15-7-8-21-18(11-15)25-10-4-5-16(25)12-24-9-3-6-17(24)13-26/h7-8,11,14,16-17,26H,3-6,9-10,12-13H2,1-2H3. The van der Waals surface area contributed by atoms with E-state index in [4.69, 9.17) is 4.52 Å². The molecule has 2 fully saturated rings. The number of likely N-dealkylation sites (tertiary alicyclic amines) is 1. The van der Waals surface area contributed by atoms with Crippen LogP contribution in [-0.2, 0) is 0 Å². The highest BCUT2D eigenvalue weighted by atomic mass is 16.5. The van der Waals surface area contributed by atoms with Crippen molar-refractivity contribution in [2.45, 2.75) is 57.5 Å². The third kappa shape index (κ3) is 3.84. The predicted molar refractivity (Wildman–Crippen MR) is 104 cm³/mol. The second kappa shape index (κ2) is 7.94. The molecule has 0 bridgehead atoms. The summed E-state index contributed by atoms with van der Waals surface area (Å²) in [5.41, 5.74) is 0.916. The van der Waals surface area contributed by atoms with Crippen LogP contribution in [0.25, 0.3) is 11.5 Å². The Kier molecular flexibility index (Phi) is 5.41. The molecule has 7 heteroatoms. The molecule has 2 aliphatic rings. The van der Waals surface area contributed by atoms with Gasteiger partial charge in [-0.1, -0.05) is 19.0 Å². The Hall–Kier alpha value is -1.99. The van der Waals surface area contributed by atoms with Gasteiger partial charge in [-0.25, -0.2) is 4.98 Å². The SMILES string of the molecule is CC(C)c1noc(-c2ccnc(N3CCCC3CN3CCCC3CO)c2)n1. The van der Waals surface area contributed by atoms with Crippen molar-refractivity contribution in [1.29, 1.82) is 0 Å². The van der Waals surface area contributed by atoms with Crippen molar-refractivity contribution in [2.75, 3.05) is 31.1 Å². The highest BCUT2D eigenvalue weighted by Crippen LogP contribution is 2.29. The molecule has 0 saturated carbocycles. The highest BCUT2D eigenvalue weighted by molar-refractivity contribution is 5.59. The van der Waals surface area contributed by atoms with Crippen LogP contribution >= 0.6 is 0 Å². The first kappa shape index (κ1) is 18.4. The zero-order valence-electron chi connectivity index (χ0n) is 16.2. The Morgan fingerprint density at radius 1 is 1.22 bits per heavy atom. The molecule has 4 rings (SSSR count). The minimum absolute atomic E-state index is 0.242. The number of aliphatic hydroxyl groups is 1. The van der Waals surface area contributed by atoms with Gasteiger partial charge in [-0.2, -0.15) is 4.98 Å². The van der Waals surface area contributed by atoms with E-state index in [0.717, 1.165) is 43.3 Å². The number of hydrogen-bond donors (Lipinski definition) is 1. The summed E-state index contributed by atoms with van der Waals surface area (Å²) in [6.45, 7) is 7.46. The van der Waals surface area contributed by atoms with Crippen LogP contribution in [0.5, 0.6) is 0 Å². The molecule has 0 radical (unpaired) electrons. The summed E-state index contributed by atoms with van der Waals surface area (Å²) in [5.74, 6) is 2.50. The highest BCUT2D eigenvalue weighted by Gasteiger charge is 2.32. The molecule has 0 aliphatic carbocycles. The second-order valence-corrected chi connectivity index (χ2v) is 7.98. The molecule has 7 nitrogen and oxygen atoms in total. The van der Waals surface area contributed by atoms with E-state index in [1.165, 1.54) is 19.3 Å². The van der Waals surface area contributed by atoms with Crippen LogP contribution in [0.3, 0.4) is 0 Å². The lowest BCUT2D eigenvalue weighted by Gasteiger charge is -2.32. The van der Waals surface area contributed by atoms with E-state index in [9.17, 15) is 5.11 Å². The average molecular weight is 371 g/mol. The molecular weight excluding hydrogens is 342 g/mol. The van der Waals surface area contributed by atoms with Gasteiger partial charge in [0.25, 0.3) is 5.89 Å². The fourth-order valence-corrected chi connectivity index (χ4v) is 4.24. The smallest absolute Gasteiger partial charge is 0.258 e. The molecule has 2 unspecified atom stereocenters. The third-order valence-corrected chi connectivity index (χ3v) is 5.78. The van der Waals surface area contributed by atoms with Crippen molar-refractivity contribution in [3.05, 3.63) is 24.2 Å². The van der Waals surface area contributed by atoms with Crippen LogP contribution in [-0.4, -0.2) is 63.5 Å². The first-order valence-corrected chi connectivity index (χ1v) is 10.1. The van der Waals surface area contributed by atoms with E-state index in [-0.39, 0.29) is 12.5 Å². The maximum absolute atomic E-state index is 9.61. The summed E-state index contributed by atoms with van der Waals surface area (Å²) < 4.78 is 5.45. The van der Waals surface area contributed by atoms with Gasteiger partial charge in [0, 0.05) is 42.9 Å². The van der Waals surface area contributed by atoms with Crippen molar-refractivity contribution in [2.24, 2.45) is 0 Å². The van der Waals surface area contributed by atoms with Crippen molar-refractivity contribution < 1.29 is 9.63 Å². The lowest BCUT2D eigenvalue weighted by molar-refractivity contribution is 0.153. The molecule has 27 heavy (non-hydrogen) atoms. The molecule has 2 saturated heterocycles. The molecule has 2 aromatic heterocycles. The Bertz CT molecular complexity index is 762. The lowest BCUT2D eigenvalue weighted by Crippen LogP contribution is -2.43. The van der Waals surface area contributed by atoms with Gasteiger partial charge in [-0.05, 0) is 44.4 Å². The molecule has 146 valence electrons. The number of aliphatic hydroxyl groups excluding tert-OH is 1. The molecule has 1 N–H and O–H groups in total. The first-order chi connectivity index (χ1) is 13.2. The van der Waals surface area contributed by atoms with Crippen molar-refractivity contribution in [1.82, 2.24) is 20.0 Å². The van der Waals surface area contributed by atoms with Gasteiger partial charge in [0.15, 0.2) is 5.82 Å². The minimum atomic E-state index is 0.242. The fourth-order valence-electron chi connectivity index (χ4n) is 4.24. The van der Waals surface area contributed by atoms with E-state index in [1.807, 2.05) is 12.3 Å². The maximum Gasteiger partial charge on any atom is 0.258 e. The summed E-state index contributed by atoms with van der Waals surface area (Å²) in [4.78, 5) is 14.0. The van der Waals surface area contributed by atoms with Crippen LogP contribution in [0.15, 0.2) is 22.9 Å². The second-order valence-electron chi connectivity index (χ2n) is 7.98. The van der Waals surface area contributed by atoms with Crippen molar-refractivity contribution in [3.63, 3.8) is 0 Å². The lowest BCUT2D eigenvalue weighted by atomic mass is 10.1. The van der Waals surface area contributed by atoms with Gasteiger partial charge in [-0.15, -0.1) is 0 Å². The van der Waals surface area contributed by atoms with E-state index in [2.05, 4.69) is 44.8 Å². The number of nitrogens with zero attached hydrogens (tertiary/aromatic N) is 5. The number of hydrogen-bond acceptors (Lipinski definition) is 7. The maximum atomic E-state index is 9.61. The third-order valence-electron chi connectivity index (χ3n) is 5.78. The molecule has 0 amide bonds. The summed E-state index contributed by atoms with van der Waals surface area (Å²) in [5, 5.41) is 13.7. The van der Waals surface area contributed by atoms with Crippen LogP contribution in [0.2, 0.25) is 0 Å². The van der Waals surface area contributed by atoms with Gasteiger partial charge in [0.05, 0.1) is 6.61 Å². The first-order valence-electron chi connectivity index (χ1n) is 10.1. The summed E-state index contributed by atoms with van der Waals surface area (Å²) in [7, 11) is 0. The number of pyridine rings is 1. The summed E-state index contributed by atoms with van der Waals surface area (Å²) >= 11 is 0. The Balaban J connectivity index is 1.51. The molecule has 2 aliphatic heterocycles. The summed E-state index contributed by atoms with van der Waals surface area (Å²) in [6, 6.07) is 4.74. The topological polar surface area (TPSA) is 78.5 Å². The summed E-state index contributed by atoms with van der Waals surface area (Å²) in [6.07, 6.45) is 6.45. The largest absolute Gasteiger partial charge is 0.395 e. The monoisotopic (exact) mass is 371 g/mol. The zero-order valence-corrected chi connectivity index (χ0v) is 16.2. The average Bonchev–Trinajstić information content (AvgIpc) is 3.42. The van der Waals surface area contributed by atoms with E-state index >= 15 is 0 Å². The molecular formula is C20H29N5O2. The minimum Gasteiger partial charge on any atom is -0.395 e. The number of aromatic nitrogens is 3. The van der Waals surface area contributed by atoms with Crippen LogP contribution in [0.4, 0.5) is 5.82 Å². The Morgan fingerprint density at radius 3 is 2.81 bits per heavy atom. The number of rotatable bonds is 6. The van der Waals surface area contributed by atoms with E-state index in [1.54, 1.807) is 0 Å². The van der Waals surface area contributed by atoms with Crippen LogP contribution < -0.4 is 4.90 Å². The predicted octanol–water partition coefficient (Wildman–Crippen LogP) is 2.68. The van der Waals surface area contributed by atoms with Crippen molar-refractivity contribution in [3.8, 4) is 11.5 Å². The van der Waals surface area contributed by atoms with Crippen LogP contribution in [0, 0.1) is 0 Å². The number of anilines is 1. The molecule has 0 aromatic carbocycles. The Morgan fingerprint density at radius 2 is 2.04 bits per heavy atom. The van der Waals surface area contributed by atoms with Gasteiger partial charge >= 0.3 is 0 Å². The van der Waals surface area contributed by atoms with Crippen LogP contribution in [0.1, 0.15) is 51.3 Å². The van der Waals surface area contributed by atoms with Gasteiger partial charge < -0.3 is 14.5 Å². The molecule has 0 spiro atoms. The van der Waals surface area contributed by atoms with Gasteiger partial charge in [0.1, 0.15) is 5.82 Å². The Labute approximate surface area is 160 Å². The van der Waals surface area contributed by atoms with E-state index < -0.39 is 0 Å².